The second kappa shape index (κ2) is 8.54. The van der Waals surface area contributed by atoms with Crippen molar-refractivity contribution < 1.29 is 4.79 Å². The number of unbranched alkanes of at least 4 members (excludes halogenated alkanes) is 1. The highest BCUT2D eigenvalue weighted by Gasteiger charge is 2.17. The van der Waals surface area contributed by atoms with Crippen molar-refractivity contribution in [1.29, 1.82) is 0 Å². The normalized spacial score (nSPS) is 19.6. The molecule has 1 amide bonds. The van der Waals surface area contributed by atoms with E-state index in [1.54, 1.807) is 0 Å². The van der Waals surface area contributed by atoms with Crippen molar-refractivity contribution in [3.8, 4) is 0 Å². The first-order chi connectivity index (χ1) is 9.00. The quantitative estimate of drug-likeness (QED) is 0.690. The first-order valence-corrected chi connectivity index (χ1v) is 7.76. The molecule has 4 heteroatoms. The van der Waals surface area contributed by atoms with E-state index >= 15 is 0 Å². The molecule has 0 radical (unpaired) electrons. The number of rotatable bonds is 7. The highest BCUT2D eigenvalue weighted by Crippen LogP contribution is 2.15. The molecule has 1 atom stereocenters. The van der Waals surface area contributed by atoms with Crippen LogP contribution in [0.3, 0.4) is 0 Å². The minimum Gasteiger partial charge on any atom is -0.355 e. The summed E-state index contributed by atoms with van der Waals surface area (Å²) < 4.78 is 0. The van der Waals surface area contributed by atoms with Crippen LogP contribution in [0.2, 0.25) is 0 Å². The summed E-state index contributed by atoms with van der Waals surface area (Å²) in [7, 11) is 0. The van der Waals surface area contributed by atoms with Gasteiger partial charge < -0.3 is 16.0 Å². The van der Waals surface area contributed by atoms with Crippen LogP contribution < -0.4 is 11.1 Å². The monoisotopic (exact) mass is 269 g/mol. The zero-order valence-electron chi connectivity index (χ0n) is 12.8. The Morgan fingerprint density at radius 3 is 2.53 bits per heavy atom. The molecule has 0 bridgehead atoms. The number of nitrogens with two attached hydrogens (primary N) is 1. The Bertz CT molecular complexity index is 260. The lowest BCUT2D eigenvalue weighted by atomic mass is 9.99. The molecule has 1 rings (SSSR count). The molecule has 112 valence electrons. The van der Waals surface area contributed by atoms with E-state index in [0.29, 0.717) is 0 Å². The average molecular weight is 269 g/mol. The lowest BCUT2D eigenvalue weighted by Crippen LogP contribution is -2.44. The molecule has 0 aliphatic carbocycles. The number of nitrogens with zero attached hydrogens (tertiary/aromatic N) is 1. The maximum atomic E-state index is 11.6. The number of nitrogens with one attached hydrogen (secondary N) is 1. The van der Waals surface area contributed by atoms with Gasteiger partial charge in [-0.3, -0.25) is 4.79 Å². The Morgan fingerprint density at radius 2 is 1.95 bits per heavy atom. The van der Waals surface area contributed by atoms with E-state index in [9.17, 15) is 4.79 Å². The highest BCUT2D eigenvalue weighted by atomic mass is 16.2. The second-order valence-electron chi connectivity index (χ2n) is 6.29. The van der Waals surface area contributed by atoms with E-state index in [1.165, 1.54) is 32.5 Å². The first kappa shape index (κ1) is 16.4. The van der Waals surface area contributed by atoms with E-state index in [4.69, 9.17) is 5.73 Å². The third-order valence-electron chi connectivity index (χ3n) is 4.10. The molecule has 4 nitrogen and oxygen atoms in total. The number of likely N-dealkylation sites (tertiary alicyclic amines) is 1. The van der Waals surface area contributed by atoms with Crippen LogP contribution in [0.25, 0.3) is 0 Å². The predicted molar refractivity (Wildman–Crippen MR) is 79.9 cm³/mol. The van der Waals surface area contributed by atoms with Gasteiger partial charge in [0.25, 0.3) is 0 Å². The van der Waals surface area contributed by atoms with Gasteiger partial charge >= 0.3 is 0 Å². The van der Waals surface area contributed by atoms with Crippen molar-refractivity contribution in [2.75, 3.05) is 26.2 Å². The molecule has 1 fully saturated rings. The van der Waals surface area contributed by atoms with Crippen molar-refractivity contribution >= 4 is 5.91 Å². The predicted octanol–water partition coefficient (Wildman–Crippen LogP) is 1.60. The Kier molecular flexibility index (Phi) is 7.39. The van der Waals surface area contributed by atoms with Crippen LogP contribution in [-0.4, -0.2) is 43.0 Å². The number of hydrogen-bond donors (Lipinski definition) is 2. The molecule has 1 saturated heterocycles. The zero-order valence-corrected chi connectivity index (χ0v) is 12.8. The van der Waals surface area contributed by atoms with Gasteiger partial charge in [0.1, 0.15) is 0 Å². The Labute approximate surface area is 118 Å². The van der Waals surface area contributed by atoms with Crippen LogP contribution in [0, 0.1) is 11.8 Å². The first-order valence-electron chi connectivity index (χ1n) is 7.76. The maximum absolute atomic E-state index is 11.6. The summed E-state index contributed by atoms with van der Waals surface area (Å²) in [5, 5.41) is 2.93. The number of carbonyl (C=O) groups excluding carboxylic acids is 1. The Balaban J connectivity index is 2.01. The van der Waals surface area contributed by atoms with E-state index in [1.807, 2.05) is 13.8 Å². The molecular weight excluding hydrogens is 238 g/mol. The molecule has 1 aliphatic heterocycles. The molecular formula is C15H31N3O. The third-order valence-corrected chi connectivity index (χ3v) is 4.10. The topological polar surface area (TPSA) is 58.4 Å². The molecule has 0 unspecified atom stereocenters. The summed E-state index contributed by atoms with van der Waals surface area (Å²) >= 11 is 0. The summed E-state index contributed by atoms with van der Waals surface area (Å²) in [6, 6.07) is -0.372. The van der Waals surface area contributed by atoms with Gasteiger partial charge in [-0.2, -0.15) is 0 Å². The average Bonchev–Trinajstić information content (AvgIpc) is 2.39. The summed E-state index contributed by atoms with van der Waals surface area (Å²) in [4.78, 5) is 14.2. The fraction of sp³-hybridized carbons (Fsp3) is 0.933. The van der Waals surface area contributed by atoms with Crippen molar-refractivity contribution in [2.45, 2.75) is 52.5 Å². The zero-order chi connectivity index (χ0) is 14.3. The van der Waals surface area contributed by atoms with Crippen molar-refractivity contribution in [2.24, 2.45) is 17.6 Å². The molecule has 0 aromatic rings. The lowest BCUT2D eigenvalue weighted by molar-refractivity contribution is -0.123. The van der Waals surface area contributed by atoms with Crippen LogP contribution in [0.1, 0.15) is 46.5 Å². The number of piperidine rings is 1. The van der Waals surface area contributed by atoms with Crippen molar-refractivity contribution in [1.82, 2.24) is 10.2 Å². The van der Waals surface area contributed by atoms with Gasteiger partial charge in [0.05, 0.1) is 6.04 Å². The highest BCUT2D eigenvalue weighted by molar-refractivity contribution is 5.81. The number of amides is 1. The van der Waals surface area contributed by atoms with Crippen LogP contribution >= 0.6 is 0 Å². The summed E-state index contributed by atoms with van der Waals surface area (Å²) in [6.07, 6.45) is 4.87. The SMILES string of the molecule is CC1CCN(CCCCNC(=O)[C@@H](N)C(C)C)CC1. The van der Waals surface area contributed by atoms with Gasteiger partial charge in [-0.25, -0.2) is 0 Å². The molecule has 1 heterocycles. The van der Waals surface area contributed by atoms with E-state index in [-0.39, 0.29) is 17.9 Å². The van der Waals surface area contributed by atoms with E-state index in [0.717, 1.165) is 25.3 Å². The fourth-order valence-electron chi connectivity index (χ4n) is 2.38. The van der Waals surface area contributed by atoms with Crippen LogP contribution in [0.4, 0.5) is 0 Å². The third kappa shape index (κ3) is 6.39. The molecule has 3 N–H and O–H groups in total. The molecule has 0 saturated carbocycles. The summed E-state index contributed by atoms with van der Waals surface area (Å²) in [5.74, 6) is 1.09. The molecule has 1 aliphatic rings. The standard InChI is InChI=1S/C15H31N3O/c1-12(2)14(16)15(19)17-8-4-5-9-18-10-6-13(3)7-11-18/h12-14H,4-11,16H2,1-3H3,(H,17,19)/t14-/m0/s1. The molecule has 0 aromatic carbocycles. The smallest absolute Gasteiger partial charge is 0.237 e. The summed E-state index contributed by atoms with van der Waals surface area (Å²) in [6.45, 7) is 10.7. The fourth-order valence-corrected chi connectivity index (χ4v) is 2.38. The summed E-state index contributed by atoms with van der Waals surface area (Å²) in [5.41, 5.74) is 5.78. The van der Waals surface area contributed by atoms with Gasteiger partial charge in [0, 0.05) is 6.54 Å². The van der Waals surface area contributed by atoms with Gasteiger partial charge in [-0.05, 0) is 57.2 Å². The van der Waals surface area contributed by atoms with E-state index in [2.05, 4.69) is 17.1 Å². The second-order valence-corrected chi connectivity index (χ2v) is 6.29. The van der Waals surface area contributed by atoms with Crippen LogP contribution in [0.5, 0.6) is 0 Å². The van der Waals surface area contributed by atoms with E-state index < -0.39 is 0 Å². The van der Waals surface area contributed by atoms with Gasteiger partial charge in [0.15, 0.2) is 0 Å². The largest absolute Gasteiger partial charge is 0.355 e. The molecule has 19 heavy (non-hydrogen) atoms. The minimum absolute atomic E-state index is 0.0122. The van der Waals surface area contributed by atoms with Crippen molar-refractivity contribution in [3.63, 3.8) is 0 Å². The molecule has 0 spiro atoms. The van der Waals surface area contributed by atoms with Crippen LogP contribution in [0.15, 0.2) is 0 Å². The lowest BCUT2D eigenvalue weighted by Gasteiger charge is -2.30. The number of hydrogen-bond acceptors (Lipinski definition) is 3. The Hall–Kier alpha value is -0.610. The van der Waals surface area contributed by atoms with Crippen LogP contribution in [-0.2, 0) is 4.79 Å². The maximum Gasteiger partial charge on any atom is 0.237 e. The molecule has 0 aromatic heterocycles. The van der Waals surface area contributed by atoms with Gasteiger partial charge in [0.2, 0.25) is 5.91 Å². The van der Waals surface area contributed by atoms with Gasteiger partial charge in [-0.15, -0.1) is 0 Å². The van der Waals surface area contributed by atoms with Crippen molar-refractivity contribution in [3.05, 3.63) is 0 Å². The number of carbonyl (C=O) groups is 1. The Morgan fingerprint density at radius 1 is 1.32 bits per heavy atom. The minimum atomic E-state index is -0.372. The van der Waals surface area contributed by atoms with Gasteiger partial charge in [-0.1, -0.05) is 20.8 Å².